The van der Waals surface area contributed by atoms with Crippen molar-refractivity contribution in [2.75, 3.05) is 0 Å². The molecule has 3 rings (SSSR count). The zero-order valence-electron chi connectivity index (χ0n) is 11.7. The first-order valence-electron chi connectivity index (χ1n) is 6.87. The quantitative estimate of drug-likeness (QED) is 0.387. The van der Waals surface area contributed by atoms with Crippen molar-refractivity contribution in [2.24, 2.45) is 0 Å². The lowest BCUT2D eigenvalue weighted by atomic mass is 9.97. The van der Waals surface area contributed by atoms with Gasteiger partial charge in [-0.05, 0) is 34.5 Å². The number of ether oxygens (including phenoxy) is 1. The number of alkyl halides is 1. The van der Waals surface area contributed by atoms with Crippen LogP contribution in [0.1, 0.15) is 12.5 Å². The number of benzene rings is 3. The maximum absolute atomic E-state index is 11.7. The van der Waals surface area contributed by atoms with Gasteiger partial charge in [0.15, 0.2) is 0 Å². The minimum absolute atomic E-state index is 0.244. The summed E-state index contributed by atoms with van der Waals surface area (Å²) in [4.78, 5) is 11.4. The molecule has 0 unspecified atom stereocenters. The van der Waals surface area contributed by atoms with E-state index in [1.807, 2.05) is 24.3 Å². The Morgan fingerprint density at radius 2 is 1.57 bits per heavy atom. The fourth-order valence-corrected chi connectivity index (χ4v) is 2.65. The fourth-order valence-electron chi connectivity index (χ4n) is 2.52. The lowest BCUT2D eigenvalue weighted by Gasteiger charge is -2.12. The molecule has 3 heteroatoms. The topological polar surface area (TPSA) is 26.3 Å². The van der Waals surface area contributed by atoms with Gasteiger partial charge in [-0.2, -0.15) is 0 Å². The third-order valence-electron chi connectivity index (χ3n) is 3.57. The monoisotopic (exact) mass is 342 g/mol. The van der Waals surface area contributed by atoms with E-state index in [1.54, 1.807) is 6.92 Å². The standard InChI is InChI=1S/C18H15BrO2/c1-12(19)18(20)21-11-17-15-8-4-2-6-13(15)10-14-7-3-5-9-16(14)17/h2-10,12H,11H2,1H3/t12-/m1/s1. The predicted octanol–water partition coefficient (Wildman–Crippen LogP) is 4.82. The van der Waals surface area contributed by atoms with E-state index in [4.69, 9.17) is 4.74 Å². The molecule has 0 N–H and O–H groups in total. The molecule has 2 nitrogen and oxygen atoms in total. The van der Waals surface area contributed by atoms with E-state index in [2.05, 4.69) is 46.3 Å². The van der Waals surface area contributed by atoms with Crippen LogP contribution in [-0.4, -0.2) is 10.8 Å². The molecule has 0 radical (unpaired) electrons. The SMILES string of the molecule is C[C@@H](Br)C(=O)OCc1c2ccccc2cc2ccccc12. The molecule has 0 amide bonds. The Hall–Kier alpha value is -1.87. The van der Waals surface area contributed by atoms with E-state index in [9.17, 15) is 4.79 Å². The summed E-state index contributed by atoms with van der Waals surface area (Å²) in [7, 11) is 0. The first-order valence-corrected chi connectivity index (χ1v) is 7.78. The highest BCUT2D eigenvalue weighted by Crippen LogP contribution is 2.29. The van der Waals surface area contributed by atoms with E-state index in [0.717, 1.165) is 27.1 Å². The molecule has 0 aromatic heterocycles. The molecule has 0 aliphatic carbocycles. The van der Waals surface area contributed by atoms with Crippen LogP contribution in [-0.2, 0) is 16.1 Å². The summed E-state index contributed by atoms with van der Waals surface area (Å²) >= 11 is 3.24. The van der Waals surface area contributed by atoms with Gasteiger partial charge in [-0.3, -0.25) is 4.79 Å². The van der Waals surface area contributed by atoms with Crippen LogP contribution in [0.5, 0.6) is 0 Å². The molecule has 0 saturated carbocycles. The van der Waals surface area contributed by atoms with Gasteiger partial charge in [0.2, 0.25) is 0 Å². The summed E-state index contributed by atoms with van der Waals surface area (Å²) in [5, 5.41) is 4.58. The van der Waals surface area contributed by atoms with E-state index < -0.39 is 0 Å². The fraction of sp³-hybridized carbons (Fsp3) is 0.167. The van der Waals surface area contributed by atoms with Gasteiger partial charge < -0.3 is 4.74 Å². The smallest absolute Gasteiger partial charge is 0.319 e. The molecule has 1 atom stereocenters. The Morgan fingerprint density at radius 3 is 2.10 bits per heavy atom. The second kappa shape index (κ2) is 5.86. The van der Waals surface area contributed by atoms with Crippen LogP contribution < -0.4 is 0 Å². The molecule has 106 valence electrons. The third kappa shape index (κ3) is 2.79. The van der Waals surface area contributed by atoms with Gasteiger partial charge in [0.05, 0.1) is 0 Å². The first-order chi connectivity index (χ1) is 10.2. The normalized spacial score (nSPS) is 12.5. The molecule has 21 heavy (non-hydrogen) atoms. The lowest BCUT2D eigenvalue weighted by molar-refractivity contribution is -0.143. The number of esters is 1. The average molecular weight is 343 g/mol. The largest absolute Gasteiger partial charge is 0.460 e. The van der Waals surface area contributed by atoms with Crippen molar-refractivity contribution in [2.45, 2.75) is 18.4 Å². The van der Waals surface area contributed by atoms with Gasteiger partial charge in [-0.25, -0.2) is 0 Å². The number of rotatable bonds is 3. The van der Waals surface area contributed by atoms with Gasteiger partial charge in [-0.15, -0.1) is 0 Å². The molecular weight excluding hydrogens is 328 g/mol. The van der Waals surface area contributed by atoms with Crippen molar-refractivity contribution < 1.29 is 9.53 Å². The number of carbonyl (C=O) groups is 1. The molecule has 3 aromatic rings. The van der Waals surface area contributed by atoms with Crippen LogP contribution in [0.2, 0.25) is 0 Å². The Kier molecular flexibility index (Phi) is 3.93. The minimum atomic E-state index is -0.293. The zero-order chi connectivity index (χ0) is 14.8. The van der Waals surface area contributed by atoms with E-state index in [-0.39, 0.29) is 17.4 Å². The van der Waals surface area contributed by atoms with Crippen molar-refractivity contribution in [3.63, 3.8) is 0 Å². The van der Waals surface area contributed by atoms with E-state index in [1.165, 1.54) is 0 Å². The number of hydrogen-bond acceptors (Lipinski definition) is 2. The molecule has 0 saturated heterocycles. The van der Waals surface area contributed by atoms with Crippen LogP contribution in [0.25, 0.3) is 21.5 Å². The summed E-state index contributed by atoms with van der Waals surface area (Å²) in [5.74, 6) is -0.244. The summed E-state index contributed by atoms with van der Waals surface area (Å²) in [6, 6.07) is 18.5. The molecule has 0 spiro atoms. The molecule has 0 aliphatic rings. The lowest BCUT2D eigenvalue weighted by Crippen LogP contribution is -2.13. The summed E-state index contributed by atoms with van der Waals surface area (Å²) in [5.41, 5.74) is 1.06. The molecule has 0 heterocycles. The van der Waals surface area contributed by atoms with Gasteiger partial charge >= 0.3 is 5.97 Å². The Labute approximate surface area is 131 Å². The number of hydrogen-bond donors (Lipinski definition) is 0. The van der Waals surface area contributed by atoms with Gasteiger partial charge in [0.25, 0.3) is 0 Å². The second-order valence-electron chi connectivity index (χ2n) is 5.02. The van der Waals surface area contributed by atoms with E-state index >= 15 is 0 Å². The van der Waals surface area contributed by atoms with Crippen LogP contribution >= 0.6 is 15.9 Å². The van der Waals surface area contributed by atoms with Gasteiger partial charge in [-0.1, -0.05) is 64.5 Å². The molecular formula is C18H15BrO2. The predicted molar refractivity (Wildman–Crippen MR) is 89.6 cm³/mol. The van der Waals surface area contributed by atoms with Crippen LogP contribution in [0.3, 0.4) is 0 Å². The maximum atomic E-state index is 11.7. The second-order valence-corrected chi connectivity index (χ2v) is 6.39. The summed E-state index contributed by atoms with van der Waals surface area (Å²) < 4.78 is 5.42. The number of fused-ring (bicyclic) bond motifs is 2. The zero-order valence-corrected chi connectivity index (χ0v) is 13.3. The molecule has 0 bridgehead atoms. The van der Waals surface area contributed by atoms with E-state index in [0.29, 0.717) is 0 Å². The maximum Gasteiger partial charge on any atom is 0.319 e. The molecule has 3 aromatic carbocycles. The minimum Gasteiger partial charge on any atom is -0.460 e. The molecule has 0 aliphatic heterocycles. The summed E-state index contributed by atoms with van der Waals surface area (Å²) in [6.07, 6.45) is 0. The highest BCUT2D eigenvalue weighted by atomic mass is 79.9. The van der Waals surface area contributed by atoms with Crippen LogP contribution in [0.4, 0.5) is 0 Å². The Morgan fingerprint density at radius 1 is 1.05 bits per heavy atom. The third-order valence-corrected chi connectivity index (χ3v) is 3.94. The first kappa shape index (κ1) is 14.1. The summed E-state index contributed by atoms with van der Waals surface area (Å²) in [6.45, 7) is 2.06. The molecule has 0 fully saturated rings. The van der Waals surface area contributed by atoms with Crippen LogP contribution in [0.15, 0.2) is 54.6 Å². The van der Waals surface area contributed by atoms with Crippen molar-refractivity contribution in [3.8, 4) is 0 Å². The van der Waals surface area contributed by atoms with Crippen molar-refractivity contribution in [1.82, 2.24) is 0 Å². The van der Waals surface area contributed by atoms with Crippen LogP contribution in [0, 0.1) is 0 Å². The Bertz CT molecular complexity index is 755. The van der Waals surface area contributed by atoms with Crippen molar-refractivity contribution in [1.29, 1.82) is 0 Å². The highest BCUT2D eigenvalue weighted by Gasteiger charge is 2.13. The Balaban J connectivity index is 2.14. The van der Waals surface area contributed by atoms with Crippen molar-refractivity contribution >= 4 is 43.4 Å². The van der Waals surface area contributed by atoms with Gasteiger partial charge in [0, 0.05) is 5.56 Å². The number of halogens is 1. The van der Waals surface area contributed by atoms with Gasteiger partial charge in [0.1, 0.15) is 11.4 Å². The van der Waals surface area contributed by atoms with Crippen molar-refractivity contribution in [3.05, 3.63) is 60.2 Å². The highest BCUT2D eigenvalue weighted by molar-refractivity contribution is 9.10. The average Bonchev–Trinajstić information content (AvgIpc) is 2.51. The number of carbonyl (C=O) groups excluding carboxylic acids is 1.